The van der Waals surface area contributed by atoms with Gasteiger partial charge in [0.25, 0.3) is 0 Å². The molecule has 0 aliphatic carbocycles. The number of aromatic nitrogens is 2. The fourth-order valence-corrected chi connectivity index (χ4v) is 3.86. The molecule has 0 saturated heterocycles. The first-order valence-electron chi connectivity index (χ1n) is 9.19. The molecule has 2 heterocycles. The maximum Gasteiger partial charge on any atom is 0.330 e. The van der Waals surface area contributed by atoms with E-state index >= 15 is 0 Å². The highest BCUT2D eigenvalue weighted by Gasteiger charge is 2.32. The number of fused-ring (bicyclic) bond motifs is 1. The molecular weight excluding hydrogens is 377 g/mol. The molecule has 1 aliphatic heterocycles. The van der Waals surface area contributed by atoms with Crippen molar-refractivity contribution in [2.45, 2.75) is 12.5 Å². The van der Waals surface area contributed by atoms with Crippen LogP contribution in [0.25, 0.3) is 16.7 Å². The average molecular weight is 397 g/mol. The number of nitrogens with one attached hydrogen (secondary N) is 1. The molecule has 1 atom stereocenters. The summed E-state index contributed by atoms with van der Waals surface area (Å²) in [5, 5.41) is 9.82. The summed E-state index contributed by atoms with van der Waals surface area (Å²) in [7, 11) is 1.42. The number of H-pyrrole nitrogens is 1. The average Bonchev–Trinajstić information content (AvgIpc) is 3.04. The zero-order chi connectivity index (χ0) is 20.5. The van der Waals surface area contributed by atoms with Crippen LogP contribution in [0, 0.1) is 5.82 Å². The molecule has 150 valence electrons. The molecule has 2 aromatic carbocycles. The van der Waals surface area contributed by atoms with Crippen LogP contribution in [0.1, 0.15) is 18.0 Å². The van der Waals surface area contributed by atoms with Crippen LogP contribution in [0.5, 0.6) is 5.75 Å². The van der Waals surface area contributed by atoms with Gasteiger partial charge >= 0.3 is 11.7 Å². The first-order valence-corrected chi connectivity index (χ1v) is 9.19. The fourth-order valence-electron chi connectivity index (χ4n) is 3.86. The largest absolute Gasteiger partial charge is 0.496 e. The summed E-state index contributed by atoms with van der Waals surface area (Å²) in [4.78, 5) is 29.0. The van der Waals surface area contributed by atoms with E-state index in [9.17, 15) is 19.1 Å². The third-order valence-electron chi connectivity index (χ3n) is 5.18. The molecule has 7 nitrogen and oxygen atoms in total. The van der Waals surface area contributed by atoms with E-state index < -0.39 is 17.8 Å². The number of nitrogens with zero attached hydrogens (tertiary/aromatic N) is 2. The van der Waals surface area contributed by atoms with Gasteiger partial charge < -0.3 is 14.8 Å². The number of para-hydroxylation sites is 2. The van der Waals surface area contributed by atoms with Gasteiger partial charge in [0.2, 0.25) is 0 Å². The van der Waals surface area contributed by atoms with Gasteiger partial charge in [0.05, 0.1) is 18.1 Å². The van der Waals surface area contributed by atoms with Gasteiger partial charge in [-0.3, -0.25) is 14.3 Å². The molecule has 0 fully saturated rings. The molecule has 0 amide bonds. The number of hydrogen-bond donors (Lipinski definition) is 2. The second-order valence-corrected chi connectivity index (χ2v) is 6.85. The Morgan fingerprint density at radius 3 is 2.76 bits per heavy atom. The van der Waals surface area contributed by atoms with Crippen LogP contribution in [-0.2, 0) is 4.79 Å². The van der Waals surface area contributed by atoms with Crippen molar-refractivity contribution < 1.29 is 19.0 Å². The molecule has 8 heteroatoms. The summed E-state index contributed by atoms with van der Waals surface area (Å²) in [6.45, 7) is 0.701. The van der Waals surface area contributed by atoms with Crippen molar-refractivity contribution in [3.8, 4) is 5.75 Å². The standard InChI is InChI=1S/C21H20FN3O4/c1-29-18-7-6-13(22)12-15(18)19(20(26)27)24-10-8-14(9-11-24)25-17-5-3-2-4-16(17)23-21(25)28/h2-8,12,19H,9-11H2,1H3,(H,23,28)(H,26,27). The molecule has 2 N–H and O–H groups in total. The summed E-state index contributed by atoms with van der Waals surface area (Å²) in [6, 6.07) is 10.2. The Hall–Kier alpha value is -3.39. The SMILES string of the molecule is COc1ccc(F)cc1C(C(=O)O)N1CC=C(n2c(=O)[nH]c3ccccc32)CC1. The molecule has 0 bridgehead atoms. The summed E-state index contributed by atoms with van der Waals surface area (Å²) in [5.41, 5.74) is 2.36. The van der Waals surface area contributed by atoms with E-state index in [0.29, 0.717) is 25.3 Å². The van der Waals surface area contributed by atoms with Crippen molar-refractivity contribution in [2.75, 3.05) is 20.2 Å². The predicted molar refractivity (Wildman–Crippen MR) is 106 cm³/mol. The number of methoxy groups -OCH3 is 1. The van der Waals surface area contributed by atoms with E-state index in [1.165, 1.54) is 25.3 Å². The fraction of sp³-hybridized carbons (Fsp3) is 0.238. The van der Waals surface area contributed by atoms with Gasteiger partial charge in [0, 0.05) is 30.8 Å². The monoisotopic (exact) mass is 397 g/mol. The minimum Gasteiger partial charge on any atom is -0.496 e. The highest BCUT2D eigenvalue weighted by molar-refractivity contribution is 5.79. The maximum atomic E-state index is 13.8. The smallest absolute Gasteiger partial charge is 0.330 e. The minimum atomic E-state index is -1.09. The van der Waals surface area contributed by atoms with Gasteiger partial charge in [-0.25, -0.2) is 9.18 Å². The Labute approximate surface area is 165 Å². The molecule has 0 radical (unpaired) electrons. The quantitative estimate of drug-likeness (QED) is 0.691. The lowest BCUT2D eigenvalue weighted by Crippen LogP contribution is -2.38. The van der Waals surface area contributed by atoms with Crippen molar-refractivity contribution in [1.82, 2.24) is 14.5 Å². The zero-order valence-electron chi connectivity index (χ0n) is 15.8. The summed E-state index contributed by atoms with van der Waals surface area (Å²) in [5.74, 6) is -1.29. The van der Waals surface area contributed by atoms with E-state index in [4.69, 9.17) is 4.74 Å². The Balaban J connectivity index is 1.67. The lowest BCUT2D eigenvalue weighted by atomic mass is 10.0. The Bertz CT molecular complexity index is 1160. The van der Waals surface area contributed by atoms with E-state index in [2.05, 4.69) is 4.98 Å². The number of halogens is 1. The number of carbonyl (C=O) groups is 1. The van der Waals surface area contributed by atoms with Crippen LogP contribution < -0.4 is 10.4 Å². The van der Waals surface area contributed by atoms with Gasteiger partial charge in [-0.1, -0.05) is 18.2 Å². The molecule has 1 aromatic heterocycles. The molecule has 4 rings (SSSR count). The van der Waals surface area contributed by atoms with Gasteiger partial charge in [0.1, 0.15) is 17.6 Å². The molecule has 0 spiro atoms. The van der Waals surface area contributed by atoms with Crippen molar-refractivity contribution in [1.29, 1.82) is 0 Å². The molecular formula is C21H20FN3O4. The lowest BCUT2D eigenvalue weighted by molar-refractivity contribution is -0.143. The Morgan fingerprint density at radius 2 is 2.07 bits per heavy atom. The number of hydrogen-bond acceptors (Lipinski definition) is 4. The minimum absolute atomic E-state index is 0.229. The highest BCUT2D eigenvalue weighted by Crippen LogP contribution is 2.33. The van der Waals surface area contributed by atoms with Gasteiger partial charge in [-0.05, 0) is 30.3 Å². The lowest BCUT2D eigenvalue weighted by Gasteiger charge is -2.32. The molecule has 0 saturated carbocycles. The molecule has 29 heavy (non-hydrogen) atoms. The number of imidazole rings is 1. The van der Waals surface area contributed by atoms with E-state index in [1.807, 2.05) is 30.3 Å². The van der Waals surface area contributed by atoms with Crippen molar-refractivity contribution in [3.63, 3.8) is 0 Å². The number of aromatic amines is 1. The molecule has 1 unspecified atom stereocenters. The van der Waals surface area contributed by atoms with Crippen LogP contribution in [-0.4, -0.2) is 45.7 Å². The van der Waals surface area contributed by atoms with E-state index in [0.717, 1.165) is 16.7 Å². The van der Waals surface area contributed by atoms with E-state index in [-0.39, 0.29) is 11.3 Å². The van der Waals surface area contributed by atoms with Crippen LogP contribution in [0.2, 0.25) is 0 Å². The maximum absolute atomic E-state index is 13.8. The zero-order valence-corrected chi connectivity index (χ0v) is 15.8. The number of ether oxygens (including phenoxy) is 1. The topological polar surface area (TPSA) is 87.6 Å². The first-order chi connectivity index (χ1) is 14.0. The normalized spacial score (nSPS) is 15.9. The van der Waals surface area contributed by atoms with Crippen LogP contribution in [0.4, 0.5) is 4.39 Å². The number of carboxylic acid groups (broad SMARTS) is 1. The van der Waals surface area contributed by atoms with Crippen molar-refractivity contribution in [3.05, 3.63) is 70.4 Å². The molecule has 1 aliphatic rings. The van der Waals surface area contributed by atoms with Crippen molar-refractivity contribution >= 4 is 22.7 Å². The Kier molecular flexibility index (Phi) is 4.94. The number of carboxylic acids is 1. The van der Waals surface area contributed by atoms with E-state index in [1.54, 1.807) is 9.47 Å². The number of aliphatic carboxylic acids is 1. The van der Waals surface area contributed by atoms with Crippen LogP contribution in [0.15, 0.2) is 53.3 Å². The van der Waals surface area contributed by atoms with Crippen molar-refractivity contribution in [2.24, 2.45) is 0 Å². The Morgan fingerprint density at radius 1 is 1.28 bits per heavy atom. The third kappa shape index (κ3) is 3.42. The predicted octanol–water partition coefficient (Wildman–Crippen LogP) is 2.85. The number of benzene rings is 2. The van der Waals surface area contributed by atoms with Crippen LogP contribution in [0.3, 0.4) is 0 Å². The van der Waals surface area contributed by atoms with Crippen LogP contribution >= 0.6 is 0 Å². The highest BCUT2D eigenvalue weighted by atomic mass is 19.1. The summed E-state index contributed by atoms with van der Waals surface area (Å²) in [6.07, 6.45) is 2.32. The summed E-state index contributed by atoms with van der Waals surface area (Å²) >= 11 is 0. The third-order valence-corrected chi connectivity index (χ3v) is 5.18. The number of rotatable bonds is 5. The van der Waals surface area contributed by atoms with Gasteiger partial charge in [0.15, 0.2) is 0 Å². The summed E-state index contributed by atoms with van der Waals surface area (Å²) < 4.78 is 20.7. The first kappa shape index (κ1) is 18.9. The second-order valence-electron chi connectivity index (χ2n) is 6.85. The molecule has 3 aromatic rings. The van der Waals surface area contributed by atoms with Gasteiger partial charge in [-0.15, -0.1) is 0 Å². The van der Waals surface area contributed by atoms with Gasteiger partial charge in [-0.2, -0.15) is 0 Å². The second kappa shape index (κ2) is 7.56.